The third-order valence-corrected chi connectivity index (χ3v) is 2.05. The standard InChI is InChI=1S/C12H12O5/c1-16-8-3-5-11(17-2)9(7-8)10(13)4-6-12(14)15/h3-7H,1-2H3,(H,14,15)/b6-4-. The quantitative estimate of drug-likeness (QED) is 0.620. The van der Waals surface area contributed by atoms with Gasteiger partial charge < -0.3 is 14.6 Å². The Balaban J connectivity index is 3.09. The van der Waals surface area contributed by atoms with E-state index in [9.17, 15) is 9.59 Å². The van der Waals surface area contributed by atoms with E-state index in [1.165, 1.54) is 20.3 Å². The molecule has 1 rings (SSSR count). The minimum absolute atomic E-state index is 0.254. The molecule has 0 heterocycles. The summed E-state index contributed by atoms with van der Waals surface area (Å²) in [5.74, 6) is -0.771. The largest absolute Gasteiger partial charge is 0.497 e. The maximum absolute atomic E-state index is 11.7. The normalized spacial score (nSPS) is 10.2. The van der Waals surface area contributed by atoms with Gasteiger partial charge >= 0.3 is 5.97 Å². The number of ketones is 1. The van der Waals surface area contributed by atoms with Crippen LogP contribution in [0.2, 0.25) is 0 Å². The monoisotopic (exact) mass is 236 g/mol. The van der Waals surface area contributed by atoms with Crippen LogP contribution in [0.25, 0.3) is 0 Å². The number of hydrogen-bond acceptors (Lipinski definition) is 4. The summed E-state index contributed by atoms with van der Waals surface area (Å²) in [4.78, 5) is 22.0. The highest BCUT2D eigenvalue weighted by Gasteiger charge is 2.11. The topological polar surface area (TPSA) is 72.8 Å². The Hall–Kier alpha value is -2.30. The molecule has 0 radical (unpaired) electrons. The lowest BCUT2D eigenvalue weighted by molar-refractivity contribution is -0.131. The third-order valence-electron chi connectivity index (χ3n) is 2.05. The number of allylic oxidation sites excluding steroid dienone is 1. The average Bonchev–Trinajstić information content (AvgIpc) is 2.34. The minimum atomic E-state index is -1.18. The fourth-order valence-electron chi connectivity index (χ4n) is 1.24. The summed E-state index contributed by atoms with van der Waals surface area (Å²) in [5, 5.41) is 8.44. The van der Waals surface area contributed by atoms with Crippen molar-refractivity contribution in [3.8, 4) is 11.5 Å². The molecule has 0 spiro atoms. The summed E-state index contributed by atoms with van der Waals surface area (Å²) in [6.45, 7) is 0. The summed E-state index contributed by atoms with van der Waals surface area (Å²) in [6.07, 6.45) is 1.75. The molecule has 0 aliphatic rings. The molecule has 0 saturated heterocycles. The maximum atomic E-state index is 11.7. The second-order valence-electron chi connectivity index (χ2n) is 3.10. The van der Waals surface area contributed by atoms with Gasteiger partial charge in [-0.3, -0.25) is 4.79 Å². The molecule has 0 bridgehead atoms. The number of carboxylic acid groups (broad SMARTS) is 1. The van der Waals surface area contributed by atoms with Crippen molar-refractivity contribution in [3.05, 3.63) is 35.9 Å². The molecule has 0 fully saturated rings. The van der Waals surface area contributed by atoms with Crippen LogP contribution in [0.15, 0.2) is 30.4 Å². The first-order valence-corrected chi connectivity index (χ1v) is 4.76. The first kappa shape index (κ1) is 12.8. The highest BCUT2D eigenvalue weighted by molar-refractivity contribution is 6.08. The lowest BCUT2D eigenvalue weighted by Crippen LogP contribution is -2.01. The van der Waals surface area contributed by atoms with Gasteiger partial charge in [0.2, 0.25) is 0 Å². The Labute approximate surface area is 98.3 Å². The van der Waals surface area contributed by atoms with Gasteiger partial charge in [0.15, 0.2) is 5.78 Å². The number of benzene rings is 1. The van der Waals surface area contributed by atoms with Crippen LogP contribution in [-0.2, 0) is 4.79 Å². The molecule has 0 aliphatic carbocycles. The number of carboxylic acids is 1. The summed E-state index contributed by atoms with van der Waals surface area (Å²) in [5.41, 5.74) is 0.254. The number of methoxy groups -OCH3 is 2. The van der Waals surface area contributed by atoms with Gasteiger partial charge in [0, 0.05) is 6.08 Å². The highest BCUT2D eigenvalue weighted by atomic mass is 16.5. The van der Waals surface area contributed by atoms with Crippen LogP contribution in [0.3, 0.4) is 0 Å². The molecule has 5 nitrogen and oxygen atoms in total. The van der Waals surface area contributed by atoms with Gasteiger partial charge in [0.1, 0.15) is 11.5 Å². The molecular weight excluding hydrogens is 224 g/mol. The van der Waals surface area contributed by atoms with Gasteiger partial charge in [-0.25, -0.2) is 4.79 Å². The molecule has 1 aromatic carbocycles. The van der Waals surface area contributed by atoms with E-state index in [4.69, 9.17) is 14.6 Å². The Morgan fingerprint density at radius 2 is 1.88 bits per heavy atom. The SMILES string of the molecule is COc1ccc(OC)c(C(=O)/C=C\C(=O)O)c1. The van der Waals surface area contributed by atoms with Crippen LogP contribution in [0.5, 0.6) is 11.5 Å². The first-order chi connectivity index (χ1) is 8.08. The molecular formula is C12H12O5. The zero-order valence-electron chi connectivity index (χ0n) is 9.47. The fraction of sp³-hybridized carbons (Fsp3) is 0.167. The zero-order valence-corrected chi connectivity index (χ0v) is 9.47. The van der Waals surface area contributed by atoms with Gasteiger partial charge in [0.25, 0.3) is 0 Å². The van der Waals surface area contributed by atoms with E-state index >= 15 is 0 Å². The van der Waals surface area contributed by atoms with Crippen LogP contribution in [-0.4, -0.2) is 31.1 Å². The van der Waals surface area contributed by atoms with Crippen molar-refractivity contribution in [2.75, 3.05) is 14.2 Å². The van der Waals surface area contributed by atoms with Crippen molar-refractivity contribution in [2.45, 2.75) is 0 Å². The summed E-state index contributed by atoms with van der Waals surface area (Å²) < 4.78 is 10.00. The lowest BCUT2D eigenvalue weighted by atomic mass is 10.1. The minimum Gasteiger partial charge on any atom is -0.497 e. The molecule has 0 atom stereocenters. The Morgan fingerprint density at radius 1 is 1.18 bits per heavy atom. The van der Waals surface area contributed by atoms with E-state index in [-0.39, 0.29) is 5.56 Å². The van der Waals surface area contributed by atoms with Crippen LogP contribution in [0.4, 0.5) is 0 Å². The maximum Gasteiger partial charge on any atom is 0.328 e. The van der Waals surface area contributed by atoms with Gasteiger partial charge in [-0.2, -0.15) is 0 Å². The third kappa shape index (κ3) is 3.34. The van der Waals surface area contributed by atoms with E-state index in [2.05, 4.69) is 0 Å². The van der Waals surface area contributed by atoms with Crippen LogP contribution in [0.1, 0.15) is 10.4 Å². The Kier molecular flexibility index (Phi) is 4.28. The molecule has 90 valence electrons. The number of hydrogen-bond donors (Lipinski definition) is 1. The van der Waals surface area contributed by atoms with Gasteiger partial charge in [-0.1, -0.05) is 0 Å². The van der Waals surface area contributed by atoms with Gasteiger partial charge in [0.05, 0.1) is 19.8 Å². The molecule has 1 N–H and O–H groups in total. The summed E-state index contributed by atoms with van der Waals surface area (Å²) in [6, 6.07) is 4.73. The summed E-state index contributed by atoms with van der Waals surface area (Å²) in [7, 11) is 2.91. The number of aliphatic carboxylic acids is 1. The first-order valence-electron chi connectivity index (χ1n) is 4.76. The van der Waals surface area contributed by atoms with Crippen molar-refractivity contribution < 1.29 is 24.2 Å². The summed E-state index contributed by atoms with van der Waals surface area (Å²) >= 11 is 0. The second-order valence-corrected chi connectivity index (χ2v) is 3.10. The molecule has 0 aliphatic heterocycles. The molecule has 0 amide bonds. The van der Waals surface area contributed by atoms with Gasteiger partial charge in [-0.15, -0.1) is 0 Å². The van der Waals surface area contributed by atoms with Crippen molar-refractivity contribution in [1.82, 2.24) is 0 Å². The van der Waals surface area contributed by atoms with Crippen LogP contribution in [0, 0.1) is 0 Å². The number of carbonyl (C=O) groups is 2. The highest BCUT2D eigenvalue weighted by Crippen LogP contribution is 2.24. The van der Waals surface area contributed by atoms with E-state index in [0.717, 1.165) is 12.2 Å². The molecule has 0 saturated carbocycles. The molecule has 0 aromatic heterocycles. The number of rotatable bonds is 5. The Bertz CT molecular complexity index is 462. The number of carbonyl (C=O) groups excluding carboxylic acids is 1. The zero-order chi connectivity index (χ0) is 12.8. The second kappa shape index (κ2) is 5.69. The average molecular weight is 236 g/mol. The van der Waals surface area contributed by atoms with Crippen molar-refractivity contribution >= 4 is 11.8 Å². The van der Waals surface area contributed by atoms with Crippen molar-refractivity contribution in [1.29, 1.82) is 0 Å². The fourth-order valence-corrected chi connectivity index (χ4v) is 1.24. The van der Waals surface area contributed by atoms with Crippen molar-refractivity contribution in [2.24, 2.45) is 0 Å². The number of ether oxygens (including phenoxy) is 2. The lowest BCUT2D eigenvalue weighted by Gasteiger charge is -2.07. The predicted octanol–water partition coefficient (Wildman–Crippen LogP) is 1.53. The predicted molar refractivity (Wildman–Crippen MR) is 60.7 cm³/mol. The van der Waals surface area contributed by atoms with E-state index in [1.807, 2.05) is 0 Å². The molecule has 0 unspecified atom stereocenters. The molecule has 1 aromatic rings. The Morgan fingerprint density at radius 3 is 2.41 bits per heavy atom. The van der Waals surface area contributed by atoms with E-state index < -0.39 is 11.8 Å². The van der Waals surface area contributed by atoms with E-state index in [1.54, 1.807) is 12.1 Å². The van der Waals surface area contributed by atoms with E-state index in [0.29, 0.717) is 11.5 Å². The van der Waals surface area contributed by atoms with Crippen molar-refractivity contribution in [3.63, 3.8) is 0 Å². The molecule has 5 heteroatoms. The van der Waals surface area contributed by atoms with Gasteiger partial charge in [-0.05, 0) is 24.3 Å². The molecule has 17 heavy (non-hydrogen) atoms. The van der Waals surface area contributed by atoms with Crippen LogP contribution >= 0.6 is 0 Å². The van der Waals surface area contributed by atoms with Crippen LogP contribution < -0.4 is 9.47 Å². The smallest absolute Gasteiger partial charge is 0.328 e.